The van der Waals surface area contributed by atoms with Crippen LogP contribution in [-0.4, -0.2) is 28.6 Å². The fraction of sp³-hybridized carbons (Fsp3) is 0.103. The quantitative estimate of drug-likeness (QED) is 0.229. The fourth-order valence-corrected chi connectivity index (χ4v) is 3.49. The lowest BCUT2D eigenvalue weighted by molar-refractivity contribution is -0.121. The van der Waals surface area contributed by atoms with Crippen molar-refractivity contribution in [1.82, 2.24) is 9.97 Å². The molecule has 174 valence electrons. The van der Waals surface area contributed by atoms with Crippen molar-refractivity contribution < 1.29 is 19.1 Å². The van der Waals surface area contributed by atoms with Crippen LogP contribution in [0.15, 0.2) is 91.3 Å². The third kappa shape index (κ3) is 6.48. The van der Waals surface area contributed by atoms with Crippen LogP contribution < -0.4 is 9.47 Å². The number of benzene rings is 2. The summed E-state index contributed by atoms with van der Waals surface area (Å²) in [7, 11) is 1.55. The molecule has 2 aromatic carbocycles. The highest BCUT2D eigenvalue weighted by atomic mass is 16.5. The summed E-state index contributed by atoms with van der Waals surface area (Å²) in [5, 5.41) is 0.949. The Hall–Kier alpha value is -4.58. The summed E-state index contributed by atoms with van der Waals surface area (Å²) in [6, 6.07) is 20.5. The maximum atomic E-state index is 12.4. The number of allylic oxidation sites excluding steroid dienone is 2. The molecule has 4 rings (SSSR count). The first kappa shape index (κ1) is 23.6. The summed E-state index contributed by atoms with van der Waals surface area (Å²) < 4.78 is 11.2. The second kappa shape index (κ2) is 11.5. The molecule has 0 aliphatic rings. The van der Waals surface area contributed by atoms with Gasteiger partial charge in [-0.1, -0.05) is 30.3 Å². The van der Waals surface area contributed by atoms with Gasteiger partial charge in [-0.15, -0.1) is 0 Å². The number of carbonyl (C=O) groups is 2. The fourth-order valence-electron chi connectivity index (χ4n) is 3.49. The van der Waals surface area contributed by atoms with Crippen molar-refractivity contribution in [3.8, 4) is 11.5 Å². The molecule has 0 radical (unpaired) electrons. The van der Waals surface area contributed by atoms with Crippen molar-refractivity contribution in [2.45, 2.75) is 13.0 Å². The molecular formula is C29H24N2O4. The topological polar surface area (TPSA) is 78.4 Å². The molecule has 0 atom stereocenters. The highest BCUT2D eigenvalue weighted by Crippen LogP contribution is 2.26. The zero-order valence-corrected chi connectivity index (χ0v) is 19.3. The molecule has 0 amide bonds. The van der Waals surface area contributed by atoms with E-state index in [0.717, 1.165) is 22.2 Å². The first-order chi connectivity index (χ1) is 17.1. The van der Waals surface area contributed by atoms with Gasteiger partial charge in [0.05, 0.1) is 24.7 Å². The Bertz CT molecular complexity index is 1390. The smallest absolute Gasteiger partial charge is 0.163 e. The summed E-state index contributed by atoms with van der Waals surface area (Å²) in [6.45, 7) is 0.336. The lowest BCUT2D eigenvalue weighted by Gasteiger charge is -2.09. The standard InChI is InChI=1S/C29H24N2O4/c1-34-29-19-26(35-20-23-7-2-3-16-30-23)15-12-22(29)11-14-25(33)18-24(32)13-10-21-6-4-9-28-27(21)8-5-17-31-28/h2-17,19H,18,20H2,1H3/b13-10+,14-11+. The van der Waals surface area contributed by atoms with Crippen molar-refractivity contribution in [3.63, 3.8) is 0 Å². The van der Waals surface area contributed by atoms with E-state index in [1.165, 1.54) is 12.2 Å². The number of ketones is 2. The molecule has 35 heavy (non-hydrogen) atoms. The average Bonchev–Trinajstić information content (AvgIpc) is 2.90. The number of nitrogens with zero attached hydrogens (tertiary/aromatic N) is 2. The highest BCUT2D eigenvalue weighted by molar-refractivity contribution is 6.11. The molecule has 0 aliphatic carbocycles. The lowest BCUT2D eigenvalue weighted by Crippen LogP contribution is -2.02. The first-order valence-corrected chi connectivity index (χ1v) is 11.1. The largest absolute Gasteiger partial charge is 0.496 e. The van der Waals surface area contributed by atoms with E-state index in [2.05, 4.69) is 9.97 Å². The average molecular weight is 465 g/mol. The van der Waals surface area contributed by atoms with Crippen LogP contribution in [0.4, 0.5) is 0 Å². The Balaban J connectivity index is 1.36. The van der Waals surface area contributed by atoms with Gasteiger partial charge in [-0.05, 0) is 60.2 Å². The molecule has 0 saturated heterocycles. The van der Waals surface area contributed by atoms with E-state index in [1.54, 1.807) is 49.9 Å². The third-order valence-corrected chi connectivity index (χ3v) is 5.24. The Labute approximate surface area is 203 Å². The van der Waals surface area contributed by atoms with Gasteiger partial charge in [0, 0.05) is 29.4 Å². The van der Waals surface area contributed by atoms with Gasteiger partial charge in [0.1, 0.15) is 18.1 Å². The zero-order chi connectivity index (χ0) is 24.5. The van der Waals surface area contributed by atoms with Gasteiger partial charge >= 0.3 is 0 Å². The molecule has 0 aliphatic heterocycles. The van der Waals surface area contributed by atoms with E-state index in [0.29, 0.717) is 23.7 Å². The molecule has 0 fully saturated rings. The number of rotatable bonds is 10. The van der Waals surface area contributed by atoms with Crippen molar-refractivity contribution in [3.05, 3.63) is 108 Å². The third-order valence-electron chi connectivity index (χ3n) is 5.24. The van der Waals surface area contributed by atoms with Crippen molar-refractivity contribution in [1.29, 1.82) is 0 Å². The molecule has 0 bridgehead atoms. The van der Waals surface area contributed by atoms with Gasteiger partial charge in [-0.2, -0.15) is 0 Å². The Morgan fingerprint density at radius 1 is 0.829 bits per heavy atom. The molecule has 2 aromatic heterocycles. The van der Waals surface area contributed by atoms with Crippen LogP contribution in [0.1, 0.15) is 23.2 Å². The molecule has 0 unspecified atom stereocenters. The van der Waals surface area contributed by atoms with Gasteiger partial charge in [-0.25, -0.2) is 0 Å². The molecule has 2 heterocycles. The van der Waals surface area contributed by atoms with Gasteiger partial charge in [0.25, 0.3) is 0 Å². The van der Waals surface area contributed by atoms with Crippen LogP contribution >= 0.6 is 0 Å². The van der Waals surface area contributed by atoms with Crippen LogP contribution in [0, 0.1) is 0 Å². The summed E-state index contributed by atoms with van der Waals surface area (Å²) in [4.78, 5) is 33.2. The monoisotopic (exact) mass is 464 g/mol. The summed E-state index contributed by atoms with van der Waals surface area (Å²) in [6.07, 6.45) is 9.40. The number of fused-ring (bicyclic) bond motifs is 1. The van der Waals surface area contributed by atoms with Gasteiger partial charge < -0.3 is 9.47 Å². The van der Waals surface area contributed by atoms with Crippen molar-refractivity contribution in [2.75, 3.05) is 7.11 Å². The van der Waals surface area contributed by atoms with Crippen molar-refractivity contribution in [2.24, 2.45) is 0 Å². The summed E-state index contributed by atoms with van der Waals surface area (Å²) in [5.41, 5.74) is 3.25. The second-order valence-electron chi connectivity index (χ2n) is 7.71. The molecule has 0 spiro atoms. The molecule has 0 saturated carbocycles. The lowest BCUT2D eigenvalue weighted by atomic mass is 10.1. The predicted molar refractivity (Wildman–Crippen MR) is 136 cm³/mol. The Kier molecular flexibility index (Phi) is 7.76. The van der Waals surface area contributed by atoms with Crippen LogP contribution in [-0.2, 0) is 16.2 Å². The minimum Gasteiger partial charge on any atom is -0.496 e. The highest BCUT2D eigenvalue weighted by Gasteiger charge is 2.07. The number of hydrogen-bond acceptors (Lipinski definition) is 6. The number of methoxy groups -OCH3 is 1. The first-order valence-electron chi connectivity index (χ1n) is 11.1. The minimum atomic E-state index is -0.295. The minimum absolute atomic E-state index is 0.219. The summed E-state index contributed by atoms with van der Waals surface area (Å²) in [5.74, 6) is 0.617. The van der Waals surface area contributed by atoms with E-state index < -0.39 is 0 Å². The van der Waals surface area contributed by atoms with Gasteiger partial charge in [0.15, 0.2) is 11.6 Å². The number of hydrogen-bond donors (Lipinski definition) is 0. The number of ether oxygens (including phenoxy) is 2. The molecule has 6 nitrogen and oxygen atoms in total. The van der Waals surface area contributed by atoms with Crippen LogP contribution in [0.5, 0.6) is 11.5 Å². The van der Waals surface area contributed by atoms with E-state index in [4.69, 9.17) is 9.47 Å². The number of pyridine rings is 2. The summed E-state index contributed by atoms with van der Waals surface area (Å²) >= 11 is 0. The van der Waals surface area contributed by atoms with Crippen LogP contribution in [0.3, 0.4) is 0 Å². The molecule has 4 aromatic rings. The Morgan fingerprint density at radius 3 is 2.40 bits per heavy atom. The van der Waals surface area contributed by atoms with E-state index in [-0.39, 0.29) is 18.0 Å². The van der Waals surface area contributed by atoms with Gasteiger partial charge in [0.2, 0.25) is 0 Å². The van der Waals surface area contributed by atoms with Crippen molar-refractivity contribution >= 4 is 34.6 Å². The SMILES string of the molecule is COc1cc(OCc2ccccn2)ccc1/C=C/C(=O)CC(=O)/C=C/c1cccc2ncccc12. The maximum Gasteiger partial charge on any atom is 0.163 e. The predicted octanol–water partition coefficient (Wildman–Crippen LogP) is 5.47. The second-order valence-corrected chi connectivity index (χ2v) is 7.71. The number of carbonyl (C=O) groups excluding carboxylic acids is 2. The van der Waals surface area contributed by atoms with Crippen LogP contribution in [0.2, 0.25) is 0 Å². The van der Waals surface area contributed by atoms with Crippen LogP contribution in [0.25, 0.3) is 23.1 Å². The number of aromatic nitrogens is 2. The zero-order valence-electron chi connectivity index (χ0n) is 19.3. The normalized spacial score (nSPS) is 11.2. The molecular weight excluding hydrogens is 440 g/mol. The molecule has 6 heteroatoms. The van der Waals surface area contributed by atoms with E-state index >= 15 is 0 Å². The van der Waals surface area contributed by atoms with E-state index in [1.807, 2.05) is 48.5 Å². The molecule has 0 N–H and O–H groups in total. The Morgan fingerprint density at radius 2 is 1.63 bits per heavy atom. The maximum absolute atomic E-state index is 12.4. The van der Waals surface area contributed by atoms with Gasteiger partial charge in [-0.3, -0.25) is 19.6 Å². The van der Waals surface area contributed by atoms with E-state index in [9.17, 15) is 9.59 Å².